The van der Waals surface area contributed by atoms with Crippen molar-refractivity contribution in [3.63, 3.8) is 0 Å². The van der Waals surface area contributed by atoms with Gasteiger partial charge in [0.2, 0.25) is 10.0 Å². The van der Waals surface area contributed by atoms with E-state index in [1.807, 2.05) is 45.0 Å². The van der Waals surface area contributed by atoms with Gasteiger partial charge < -0.3 is 9.64 Å². The van der Waals surface area contributed by atoms with Crippen LogP contribution in [0.1, 0.15) is 54.6 Å². The molecule has 0 spiro atoms. The molecule has 1 heterocycles. The van der Waals surface area contributed by atoms with Crippen molar-refractivity contribution in [3.8, 4) is 5.75 Å². The molecule has 6 nitrogen and oxygen atoms in total. The average molecular weight is 445 g/mol. The van der Waals surface area contributed by atoms with Gasteiger partial charge in [-0.1, -0.05) is 24.6 Å². The van der Waals surface area contributed by atoms with Crippen molar-refractivity contribution >= 4 is 15.9 Å². The third-order valence-corrected chi connectivity index (χ3v) is 7.80. The second-order valence-corrected chi connectivity index (χ2v) is 10.1. The van der Waals surface area contributed by atoms with Crippen molar-refractivity contribution in [1.29, 1.82) is 0 Å². The molecule has 2 aromatic carbocycles. The molecule has 0 radical (unpaired) electrons. The molecule has 0 aliphatic carbocycles. The third-order valence-electron chi connectivity index (χ3n) is 5.79. The van der Waals surface area contributed by atoms with E-state index >= 15 is 0 Å². The second kappa shape index (κ2) is 9.83. The molecule has 3 rings (SSSR count). The van der Waals surface area contributed by atoms with Crippen molar-refractivity contribution in [1.82, 2.24) is 9.21 Å². The van der Waals surface area contributed by atoms with Gasteiger partial charge in [0.25, 0.3) is 5.91 Å². The normalized spacial score (nSPS) is 17.4. The van der Waals surface area contributed by atoms with E-state index in [-0.39, 0.29) is 16.8 Å². The maximum Gasteiger partial charge on any atom is 0.254 e. The molecule has 7 heteroatoms. The van der Waals surface area contributed by atoms with E-state index in [0.717, 1.165) is 36.1 Å². The Hall–Kier alpha value is -2.38. The van der Waals surface area contributed by atoms with Gasteiger partial charge in [-0.15, -0.1) is 0 Å². The first kappa shape index (κ1) is 23.3. The van der Waals surface area contributed by atoms with Crippen molar-refractivity contribution in [2.75, 3.05) is 20.2 Å². The monoisotopic (exact) mass is 444 g/mol. The number of hydrogen-bond acceptors (Lipinski definition) is 4. The molecule has 0 saturated carbocycles. The molecular weight excluding hydrogens is 412 g/mol. The Kier molecular flexibility index (Phi) is 7.38. The van der Waals surface area contributed by atoms with Gasteiger partial charge in [-0.25, -0.2) is 8.42 Å². The molecule has 0 bridgehead atoms. The molecule has 1 aliphatic heterocycles. The fourth-order valence-corrected chi connectivity index (χ4v) is 5.69. The number of hydrogen-bond donors (Lipinski definition) is 0. The highest BCUT2D eigenvalue weighted by atomic mass is 32.2. The van der Waals surface area contributed by atoms with Gasteiger partial charge in [-0.05, 0) is 69.0 Å². The first-order valence-electron chi connectivity index (χ1n) is 10.8. The quantitative estimate of drug-likeness (QED) is 0.641. The maximum absolute atomic E-state index is 13.2. The van der Waals surface area contributed by atoms with Crippen LogP contribution < -0.4 is 4.74 Å². The predicted octanol–water partition coefficient (Wildman–Crippen LogP) is 4.23. The Morgan fingerprint density at radius 1 is 1.16 bits per heavy atom. The SMILES string of the molecule is CCOc1ccc(CN(C)C(=O)c2cc(S(=O)(=O)N3CCCCC3C)ccc2C)cc1. The van der Waals surface area contributed by atoms with Gasteiger partial charge in [0.05, 0.1) is 11.5 Å². The minimum Gasteiger partial charge on any atom is -0.494 e. The molecule has 31 heavy (non-hydrogen) atoms. The zero-order valence-corrected chi connectivity index (χ0v) is 19.6. The van der Waals surface area contributed by atoms with Gasteiger partial charge in [0, 0.05) is 31.7 Å². The lowest BCUT2D eigenvalue weighted by molar-refractivity contribution is 0.0784. The summed E-state index contributed by atoms with van der Waals surface area (Å²) in [6, 6.07) is 12.5. The molecule has 0 N–H and O–H groups in total. The van der Waals surface area contributed by atoms with Crippen molar-refractivity contribution in [3.05, 3.63) is 59.2 Å². The Labute approximate surface area is 185 Å². The number of amides is 1. The Morgan fingerprint density at radius 3 is 2.52 bits per heavy atom. The lowest BCUT2D eigenvalue weighted by Gasteiger charge is -2.32. The first-order chi connectivity index (χ1) is 14.7. The Morgan fingerprint density at radius 2 is 1.87 bits per heavy atom. The standard InChI is InChI=1S/C24H32N2O4S/c1-5-30-21-12-10-20(11-13-21)17-25(4)24(27)23-16-22(14-9-18(23)2)31(28,29)26-15-7-6-8-19(26)3/h9-14,16,19H,5-8,15,17H2,1-4H3. The highest BCUT2D eigenvalue weighted by molar-refractivity contribution is 7.89. The zero-order chi connectivity index (χ0) is 22.6. The van der Waals surface area contributed by atoms with E-state index in [2.05, 4.69) is 0 Å². The maximum atomic E-state index is 13.2. The summed E-state index contributed by atoms with van der Waals surface area (Å²) in [4.78, 5) is 14.9. The summed E-state index contributed by atoms with van der Waals surface area (Å²) in [6.45, 7) is 7.26. The molecule has 1 atom stereocenters. The highest BCUT2D eigenvalue weighted by Gasteiger charge is 2.31. The van der Waals surface area contributed by atoms with Crippen LogP contribution >= 0.6 is 0 Å². The van der Waals surface area contributed by atoms with E-state index in [1.165, 1.54) is 6.07 Å². The summed E-state index contributed by atoms with van der Waals surface area (Å²) in [7, 11) is -1.90. The fourth-order valence-electron chi connectivity index (χ4n) is 3.97. The summed E-state index contributed by atoms with van der Waals surface area (Å²) in [5.74, 6) is 0.594. The van der Waals surface area contributed by atoms with E-state index in [9.17, 15) is 13.2 Å². The number of carbonyl (C=O) groups is 1. The van der Waals surface area contributed by atoms with Gasteiger partial charge in [0.15, 0.2) is 0 Å². The smallest absolute Gasteiger partial charge is 0.254 e. The van der Waals surface area contributed by atoms with Gasteiger partial charge in [-0.3, -0.25) is 4.79 Å². The predicted molar refractivity (Wildman–Crippen MR) is 122 cm³/mol. The summed E-state index contributed by atoms with van der Waals surface area (Å²) in [5.41, 5.74) is 2.15. The number of aryl methyl sites for hydroxylation is 1. The van der Waals surface area contributed by atoms with Gasteiger partial charge in [0.1, 0.15) is 5.75 Å². The topological polar surface area (TPSA) is 66.9 Å². The first-order valence-corrected chi connectivity index (χ1v) is 12.3. The molecule has 1 aliphatic rings. The molecular formula is C24H32N2O4S. The molecule has 0 aromatic heterocycles. The van der Waals surface area contributed by atoms with E-state index in [0.29, 0.717) is 25.3 Å². The second-order valence-electron chi connectivity index (χ2n) is 8.18. The largest absolute Gasteiger partial charge is 0.494 e. The molecule has 1 fully saturated rings. The van der Waals surface area contributed by atoms with Crippen LogP contribution in [0.25, 0.3) is 0 Å². The highest BCUT2D eigenvalue weighted by Crippen LogP contribution is 2.27. The molecule has 1 saturated heterocycles. The number of ether oxygens (including phenoxy) is 1. The lowest BCUT2D eigenvalue weighted by atomic mass is 10.1. The number of rotatable bonds is 7. The van der Waals surface area contributed by atoms with Gasteiger partial charge in [-0.2, -0.15) is 4.31 Å². The third kappa shape index (κ3) is 5.28. The van der Waals surface area contributed by atoms with Crippen LogP contribution in [0.2, 0.25) is 0 Å². The number of piperidine rings is 1. The van der Waals surface area contributed by atoms with Crippen molar-refractivity contribution in [2.24, 2.45) is 0 Å². The molecule has 2 aromatic rings. The summed E-state index contributed by atoms with van der Waals surface area (Å²) in [5, 5.41) is 0. The number of carbonyl (C=O) groups excluding carboxylic acids is 1. The van der Waals surface area contributed by atoms with Gasteiger partial charge >= 0.3 is 0 Å². The number of benzene rings is 2. The number of sulfonamides is 1. The Bertz CT molecular complexity index is 1020. The van der Waals surface area contributed by atoms with Crippen molar-refractivity contribution < 1.29 is 17.9 Å². The summed E-state index contributed by atoms with van der Waals surface area (Å²) < 4.78 is 33.5. The van der Waals surface area contributed by atoms with E-state index in [4.69, 9.17) is 4.74 Å². The van der Waals surface area contributed by atoms with Crippen LogP contribution in [0.5, 0.6) is 5.75 Å². The van der Waals surface area contributed by atoms with Crippen LogP contribution in [-0.4, -0.2) is 49.8 Å². The fraction of sp³-hybridized carbons (Fsp3) is 0.458. The van der Waals surface area contributed by atoms with E-state index < -0.39 is 10.0 Å². The minimum absolute atomic E-state index is 0.0264. The van der Waals surface area contributed by atoms with E-state index in [1.54, 1.807) is 28.4 Å². The van der Waals surface area contributed by atoms with Crippen molar-refractivity contribution in [2.45, 2.75) is 57.5 Å². The number of nitrogens with zero attached hydrogens (tertiary/aromatic N) is 2. The molecule has 1 unspecified atom stereocenters. The van der Waals surface area contributed by atoms with Crippen LogP contribution in [-0.2, 0) is 16.6 Å². The van der Waals surface area contributed by atoms with Crippen LogP contribution in [0.4, 0.5) is 0 Å². The molecule has 168 valence electrons. The van der Waals surface area contributed by atoms with Crippen LogP contribution in [0.3, 0.4) is 0 Å². The Balaban J connectivity index is 1.81. The average Bonchev–Trinajstić information content (AvgIpc) is 2.75. The van der Waals surface area contributed by atoms with Crippen LogP contribution in [0, 0.1) is 6.92 Å². The minimum atomic E-state index is -3.63. The molecule has 1 amide bonds. The zero-order valence-electron chi connectivity index (χ0n) is 18.8. The lowest BCUT2D eigenvalue weighted by Crippen LogP contribution is -2.42. The van der Waals surface area contributed by atoms with Crippen LogP contribution in [0.15, 0.2) is 47.4 Å². The summed E-state index contributed by atoms with van der Waals surface area (Å²) >= 11 is 0. The summed E-state index contributed by atoms with van der Waals surface area (Å²) in [6.07, 6.45) is 2.77.